The molecule has 5 atom stereocenters. The van der Waals surface area contributed by atoms with Gasteiger partial charge in [0.05, 0.1) is 22.1 Å². The van der Waals surface area contributed by atoms with Gasteiger partial charge >= 0.3 is 6.03 Å². The second kappa shape index (κ2) is 15.4. The van der Waals surface area contributed by atoms with Gasteiger partial charge in [-0.05, 0) is 108 Å². The molecule has 5 amide bonds. The van der Waals surface area contributed by atoms with Crippen LogP contribution < -0.4 is 21.3 Å². The first kappa shape index (κ1) is 41.0. The summed E-state index contributed by atoms with van der Waals surface area (Å²) in [4.78, 5) is 59.0. The summed E-state index contributed by atoms with van der Waals surface area (Å²) in [6, 6.07) is -2.37. The van der Waals surface area contributed by atoms with Crippen LogP contribution in [-0.2, 0) is 24.2 Å². The van der Waals surface area contributed by atoms with Crippen molar-refractivity contribution >= 4 is 33.6 Å². The minimum atomic E-state index is -3.54. The normalized spacial score (nSPS) is 28.6. The van der Waals surface area contributed by atoms with Gasteiger partial charge in [-0.1, -0.05) is 78.2 Å². The molecule has 5 unspecified atom stereocenters. The van der Waals surface area contributed by atoms with Crippen LogP contribution >= 0.6 is 0 Å². The number of carbonyl (C=O) groups excluding carboxylic acids is 4. The lowest BCUT2D eigenvalue weighted by molar-refractivity contribution is -0.145. The average molecular weight is 772 g/mol. The van der Waals surface area contributed by atoms with Gasteiger partial charge in [-0.3, -0.25) is 14.4 Å². The number of nitrogens with zero attached hydrogens (tertiary/aromatic N) is 1. The Balaban J connectivity index is 1.25. The number of fused-ring (bicyclic) bond motifs is 1. The highest BCUT2D eigenvalue weighted by Gasteiger charge is 2.70. The Hall–Kier alpha value is -2.63. The summed E-state index contributed by atoms with van der Waals surface area (Å²) in [6.07, 6.45) is 16.0. The Morgan fingerprint density at radius 2 is 1.48 bits per heavy atom. The summed E-state index contributed by atoms with van der Waals surface area (Å²) in [5.41, 5.74) is -0.979. The summed E-state index contributed by atoms with van der Waals surface area (Å²) in [6.45, 7) is 13.8. The topological polar surface area (TPSA) is 154 Å². The quantitative estimate of drug-likeness (QED) is 0.161. The maximum absolute atomic E-state index is 15.1. The Morgan fingerprint density at radius 3 is 2.04 bits per heavy atom. The fourth-order valence-corrected chi connectivity index (χ4v) is 11.6. The van der Waals surface area contributed by atoms with E-state index in [1.54, 1.807) is 25.7 Å². The number of hydrogen-bond donors (Lipinski definition) is 4. The number of likely N-dealkylation sites (tertiary alicyclic amines) is 1. The van der Waals surface area contributed by atoms with Gasteiger partial charge in [0.1, 0.15) is 12.1 Å². The van der Waals surface area contributed by atoms with Crippen LogP contribution in [0.5, 0.6) is 0 Å². The molecular formula is C42H69N5O6S. The Kier molecular flexibility index (Phi) is 11.7. The molecule has 12 heteroatoms. The molecule has 6 aliphatic rings. The molecule has 6 fully saturated rings. The third-order valence-corrected chi connectivity index (χ3v) is 17.1. The predicted octanol–water partition coefficient (Wildman–Crippen LogP) is 5.92. The first-order chi connectivity index (χ1) is 25.3. The number of amides is 5. The molecule has 0 aromatic rings. The van der Waals surface area contributed by atoms with Crippen molar-refractivity contribution in [2.45, 2.75) is 186 Å². The minimum Gasteiger partial charge on any atom is -0.350 e. The SMILES string of the molecule is CC=C(C(=O)NC1CC1)C(CCC1CC1)NC(=O)C1C2C(CN1C(=O)C(NC(=O)NC1(CS(=O)(=O)C(C)(C)C)CCCCC1)C1(C)CCCCC1)C2(C)C. The summed E-state index contributed by atoms with van der Waals surface area (Å²) in [5.74, 6) is 0.00705. The molecule has 0 radical (unpaired) electrons. The van der Waals surface area contributed by atoms with Crippen LogP contribution in [0.25, 0.3) is 0 Å². The molecule has 0 aromatic heterocycles. The zero-order chi connectivity index (χ0) is 39.3. The average Bonchev–Trinajstić information content (AvgIpc) is 4.05. The molecular weight excluding hydrogens is 703 g/mol. The number of allylic oxidation sites excluding steroid dienone is 1. The Morgan fingerprint density at radius 1 is 0.870 bits per heavy atom. The fraction of sp³-hybridized carbons (Fsp3) is 0.857. The molecule has 4 N–H and O–H groups in total. The van der Waals surface area contributed by atoms with Gasteiger partial charge in [-0.25, -0.2) is 13.2 Å². The molecule has 11 nitrogen and oxygen atoms in total. The largest absolute Gasteiger partial charge is 0.350 e. The van der Waals surface area contributed by atoms with Crippen LogP contribution in [0.1, 0.15) is 151 Å². The maximum atomic E-state index is 15.1. The summed E-state index contributed by atoms with van der Waals surface area (Å²) < 4.78 is 26.0. The van der Waals surface area contributed by atoms with E-state index in [9.17, 15) is 22.8 Å². The van der Waals surface area contributed by atoms with Crippen molar-refractivity contribution in [3.8, 4) is 0 Å². The van der Waals surface area contributed by atoms with Gasteiger partial charge < -0.3 is 26.2 Å². The maximum Gasteiger partial charge on any atom is 0.315 e. The summed E-state index contributed by atoms with van der Waals surface area (Å²) in [7, 11) is -3.54. The number of piperidine rings is 1. The number of rotatable bonds is 14. The first-order valence-electron chi connectivity index (χ1n) is 21.2. The van der Waals surface area contributed by atoms with Gasteiger partial charge in [0.2, 0.25) is 17.7 Å². The second-order valence-corrected chi connectivity index (χ2v) is 22.7. The zero-order valence-electron chi connectivity index (χ0n) is 34.2. The molecule has 0 spiro atoms. The van der Waals surface area contributed by atoms with E-state index < -0.39 is 49.7 Å². The van der Waals surface area contributed by atoms with E-state index in [0.717, 1.165) is 70.6 Å². The smallest absolute Gasteiger partial charge is 0.315 e. The molecule has 6 rings (SSSR count). The Labute approximate surface area is 324 Å². The van der Waals surface area contributed by atoms with Crippen molar-refractivity contribution in [1.29, 1.82) is 0 Å². The van der Waals surface area contributed by atoms with Gasteiger partial charge in [-0.2, -0.15) is 0 Å². The lowest BCUT2D eigenvalue weighted by atomic mass is 9.70. The van der Waals surface area contributed by atoms with Crippen LogP contribution in [-0.4, -0.2) is 83.8 Å². The molecule has 5 saturated carbocycles. The number of sulfone groups is 1. The van der Waals surface area contributed by atoms with E-state index in [-0.39, 0.29) is 46.8 Å². The van der Waals surface area contributed by atoms with Crippen LogP contribution in [0.2, 0.25) is 0 Å². The van der Waals surface area contributed by atoms with E-state index in [0.29, 0.717) is 37.3 Å². The van der Waals surface area contributed by atoms with E-state index in [2.05, 4.69) is 42.0 Å². The fourth-order valence-electron chi connectivity index (χ4n) is 10.0. The molecule has 5 aliphatic carbocycles. The number of carbonyl (C=O) groups is 4. The molecule has 0 aromatic carbocycles. The molecule has 54 heavy (non-hydrogen) atoms. The van der Waals surface area contributed by atoms with Gasteiger partial charge in [0.15, 0.2) is 9.84 Å². The Bertz CT molecular complexity index is 1580. The molecule has 1 heterocycles. The van der Waals surface area contributed by atoms with Crippen LogP contribution in [0.4, 0.5) is 4.79 Å². The van der Waals surface area contributed by atoms with Gasteiger partial charge in [0, 0.05) is 18.2 Å². The number of nitrogens with one attached hydrogen (secondary N) is 4. The lowest BCUT2D eigenvalue weighted by Gasteiger charge is -2.44. The van der Waals surface area contributed by atoms with E-state index in [4.69, 9.17) is 0 Å². The second-order valence-electron chi connectivity index (χ2n) is 19.9. The highest BCUT2D eigenvalue weighted by Crippen LogP contribution is 2.65. The van der Waals surface area contributed by atoms with Crippen LogP contribution in [0.15, 0.2) is 11.6 Å². The first-order valence-corrected chi connectivity index (χ1v) is 22.8. The van der Waals surface area contributed by atoms with E-state index in [1.807, 2.05) is 13.0 Å². The van der Waals surface area contributed by atoms with Crippen LogP contribution in [0.3, 0.4) is 0 Å². The zero-order valence-corrected chi connectivity index (χ0v) is 35.0. The number of hydrogen-bond acceptors (Lipinski definition) is 6. The van der Waals surface area contributed by atoms with Crippen molar-refractivity contribution in [2.75, 3.05) is 12.3 Å². The van der Waals surface area contributed by atoms with E-state index in [1.165, 1.54) is 12.8 Å². The summed E-state index contributed by atoms with van der Waals surface area (Å²) >= 11 is 0. The third-order valence-electron chi connectivity index (χ3n) is 14.3. The van der Waals surface area contributed by atoms with Crippen molar-refractivity contribution in [2.24, 2.45) is 28.6 Å². The highest BCUT2D eigenvalue weighted by atomic mass is 32.2. The van der Waals surface area contributed by atoms with Gasteiger partial charge in [0.25, 0.3) is 0 Å². The molecule has 1 aliphatic heterocycles. The van der Waals surface area contributed by atoms with E-state index >= 15 is 4.79 Å². The van der Waals surface area contributed by atoms with Gasteiger partial charge in [-0.15, -0.1) is 0 Å². The van der Waals surface area contributed by atoms with Crippen LogP contribution in [0, 0.1) is 28.6 Å². The number of urea groups is 1. The summed E-state index contributed by atoms with van der Waals surface area (Å²) in [5, 5.41) is 12.7. The third kappa shape index (κ3) is 8.83. The van der Waals surface area contributed by atoms with Crippen molar-refractivity contribution < 1.29 is 27.6 Å². The predicted molar refractivity (Wildman–Crippen MR) is 211 cm³/mol. The standard InChI is InChI=1S/C42H69N5O6S/c1-8-29(35(48)43-28-18-19-28)31(20-17-27-15-16-27)44-36(49)33-32-30(40(32,5)6)25-47(33)37(50)34(41(7)21-11-9-12-22-41)45-38(51)46-42(23-13-10-14-24-42)26-54(52,53)39(2,3)4/h8,27-28,30-34H,9-26H2,1-7H3,(H,43,48)(H,44,49)(H2,45,46,51). The minimum absolute atomic E-state index is 0.0263. The molecule has 1 saturated heterocycles. The van der Waals surface area contributed by atoms with Crippen molar-refractivity contribution in [3.05, 3.63) is 11.6 Å². The molecule has 304 valence electrons. The lowest BCUT2D eigenvalue weighted by Crippen LogP contribution is -2.65. The molecule has 0 bridgehead atoms. The highest BCUT2D eigenvalue weighted by molar-refractivity contribution is 7.92. The monoisotopic (exact) mass is 771 g/mol. The van der Waals surface area contributed by atoms with Crippen molar-refractivity contribution in [1.82, 2.24) is 26.2 Å². The van der Waals surface area contributed by atoms with Crippen molar-refractivity contribution in [3.63, 3.8) is 0 Å².